The molecule has 134 valence electrons. The third-order valence-electron chi connectivity index (χ3n) is 5.44. The fourth-order valence-electron chi connectivity index (χ4n) is 4.17. The van der Waals surface area contributed by atoms with Crippen molar-refractivity contribution in [2.75, 3.05) is 27.2 Å². The van der Waals surface area contributed by atoms with Crippen molar-refractivity contribution < 1.29 is 24.5 Å². The maximum Gasteiger partial charge on any atom is 0.308 e. The quantitative estimate of drug-likeness (QED) is 0.813. The molecule has 1 heterocycles. The van der Waals surface area contributed by atoms with Crippen LogP contribution in [0.3, 0.4) is 0 Å². The van der Waals surface area contributed by atoms with Crippen molar-refractivity contribution in [3.8, 4) is 5.75 Å². The number of aliphatic carboxylic acids is 2. The van der Waals surface area contributed by atoms with Crippen molar-refractivity contribution in [2.45, 2.75) is 12.3 Å². The van der Waals surface area contributed by atoms with E-state index in [-0.39, 0.29) is 5.92 Å². The van der Waals surface area contributed by atoms with E-state index in [1.54, 1.807) is 19.2 Å². The van der Waals surface area contributed by atoms with Crippen LogP contribution in [0.1, 0.15) is 17.9 Å². The fraction of sp³-hybridized carbons (Fsp3) is 0.474. The van der Waals surface area contributed by atoms with Crippen molar-refractivity contribution in [1.29, 1.82) is 0 Å². The van der Waals surface area contributed by atoms with Gasteiger partial charge in [-0.25, -0.2) is 0 Å². The molecule has 1 aromatic rings. The van der Waals surface area contributed by atoms with E-state index in [0.29, 0.717) is 12.3 Å². The average molecular weight is 345 g/mol. The van der Waals surface area contributed by atoms with Crippen molar-refractivity contribution in [3.63, 3.8) is 0 Å². The summed E-state index contributed by atoms with van der Waals surface area (Å²) in [5.74, 6) is -4.00. The van der Waals surface area contributed by atoms with Crippen LogP contribution in [0.15, 0.2) is 35.9 Å². The van der Waals surface area contributed by atoms with Crippen LogP contribution in [0, 0.1) is 17.8 Å². The van der Waals surface area contributed by atoms with Gasteiger partial charge < -0.3 is 19.8 Å². The molecule has 0 spiro atoms. The van der Waals surface area contributed by atoms with Crippen molar-refractivity contribution in [2.24, 2.45) is 17.8 Å². The lowest BCUT2D eigenvalue weighted by molar-refractivity contribution is -0.157. The number of hydrogen-bond acceptors (Lipinski definition) is 4. The van der Waals surface area contributed by atoms with Crippen molar-refractivity contribution >= 4 is 11.9 Å². The lowest BCUT2D eigenvalue weighted by Crippen LogP contribution is -2.48. The Bertz CT molecular complexity index is 696. The number of allylic oxidation sites excluding steroid dienone is 1. The average Bonchev–Trinajstić information content (AvgIpc) is 2.59. The van der Waals surface area contributed by atoms with Gasteiger partial charge in [-0.3, -0.25) is 9.59 Å². The summed E-state index contributed by atoms with van der Waals surface area (Å²) < 4.78 is 5.16. The normalized spacial score (nSPS) is 29.4. The summed E-state index contributed by atoms with van der Waals surface area (Å²) in [6.45, 7) is 1.45. The highest BCUT2D eigenvalue weighted by atomic mass is 16.5. The topological polar surface area (TPSA) is 87.1 Å². The highest BCUT2D eigenvalue weighted by molar-refractivity contribution is 5.82. The highest BCUT2D eigenvalue weighted by Gasteiger charge is 2.49. The summed E-state index contributed by atoms with van der Waals surface area (Å²) >= 11 is 0. The summed E-state index contributed by atoms with van der Waals surface area (Å²) in [5, 5.41) is 19.6. The van der Waals surface area contributed by atoms with Gasteiger partial charge in [0.05, 0.1) is 18.9 Å². The molecule has 25 heavy (non-hydrogen) atoms. The molecule has 0 saturated carbocycles. The smallest absolute Gasteiger partial charge is 0.308 e. The summed E-state index contributed by atoms with van der Waals surface area (Å²) in [7, 11) is 3.52. The number of likely N-dealkylation sites (tertiary alicyclic amines) is 1. The van der Waals surface area contributed by atoms with Crippen LogP contribution in [0.4, 0.5) is 0 Å². The minimum Gasteiger partial charge on any atom is -0.497 e. The van der Waals surface area contributed by atoms with Crippen LogP contribution in [-0.4, -0.2) is 54.3 Å². The molecule has 4 atom stereocenters. The van der Waals surface area contributed by atoms with E-state index in [4.69, 9.17) is 4.74 Å². The molecule has 0 radical (unpaired) electrons. The van der Waals surface area contributed by atoms with Gasteiger partial charge in [-0.2, -0.15) is 0 Å². The van der Waals surface area contributed by atoms with Crippen LogP contribution in [0.25, 0.3) is 0 Å². The number of methoxy groups -OCH3 is 1. The maximum atomic E-state index is 12.0. The molecule has 2 N–H and O–H groups in total. The van der Waals surface area contributed by atoms with Gasteiger partial charge in [0.25, 0.3) is 0 Å². The van der Waals surface area contributed by atoms with Gasteiger partial charge in [0, 0.05) is 24.9 Å². The zero-order valence-corrected chi connectivity index (χ0v) is 14.4. The molecule has 1 aliphatic heterocycles. The first kappa shape index (κ1) is 17.5. The van der Waals surface area contributed by atoms with E-state index in [1.165, 1.54) is 0 Å². The molecule has 1 aliphatic carbocycles. The Morgan fingerprint density at radius 1 is 1.12 bits per heavy atom. The molecule has 0 bridgehead atoms. The monoisotopic (exact) mass is 345 g/mol. The fourth-order valence-corrected chi connectivity index (χ4v) is 4.17. The number of benzene rings is 1. The van der Waals surface area contributed by atoms with Crippen LogP contribution in [-0.2, 0) is 9.59 Å². The number of rotatable bonds is 4. The molecule has 3 rings (SSSR count). The summed E-state index contributed by atoms with van der Waals surface area (Å²) in [6.07, 6.45) is 2.78. The minimum absolute atomic E-state index is 0.244. The highest BCUT2D eigenvalue weighted by Crippen LogP contribution is 2.46. The Morgan fingerprint density at radius 3 is 2.32 bits per heavy atom. The Hall–Kier alpha value is -2.34. The molecule has 1 saturated heterocycles. The maximum absolute atomic E-state index is 12.0. The van der Waals surface area contributed by atoms with Gasteiger partial charge in [-0.15, -0.1) is 0 Å². The van der Waals surface area contributed by atoms with E-state index < -0.39 is 29.7 Å². The van der Waals surface area contributed by atoms with Crippen molar-refractivity contribution in [3.05, 3.63) is 41.5 Å². The van der Waals surface area contributed by atoms with E-state index in [9.17, 15) is 19.8 Å². The molecule has 1 aromatic carbocycles. The van der Waals surface area contributed by atoms with Gasteiger partial charge in [0.2, 0.25) is 0 Å². The second kappa shape index (κ2) is 6.88. The SMILES string of the molecule is COc1ccc(C2C=C3CCN(C)CC3C(C(=O)O)C2C(=O)O)cc1. The van der Waals surface area contributed by atoms with E-state index in [1.807, 2.05) is 25.3 Å². The number of hydrogen-bond donors (Lipinski definition) is 2. The summed E-state index contributed by atoms with van der Waals surface area (Å²) in [5.41, 5.74) is 1.88. The Labute approximate surface area is 146 Å². The lowest BCUT2D eigenvalue weighted by Gasteiger charge is -2.43. The second-order valence-corrected chi connectivity index (χ2v) is 6.89. The second-order valence-electron chi connectivity index (χ2n) is 6.89. The zero-order chi connectivity index (χ0) is 18.1. The number of nitrogens with zero attached hydrogens (tertiary/aromatic N) is 1. The molecular formula is C19H23NO5. The lowest BCUT2D eigenvalue weighted by atomic mass is 9.63. The third kappa shape index (κ3) is 3.26. The predicted molar refractivity (Wildman–Crippen MR) is 91.7 cm³/mol. The van der Waals surface area contributed by atoms with Gasteiger partial charge in [-0.1, -0.05) is 23.8 Å². The minimum atomic E-state index is -1.06. The third-order valence-corrected chi connectivity index (χ3v) is 5.44. The molecule has 6 nitrogen and oxygen atoms in total. The number of carboxylic acid groups (broad SMARTS) is 2. The number of fused-ring (bicyclic) bond motifs is 1. The van der Waals surface area contributed by atoms with Crippen LogP contribution >= 0.6 is 0 Å². The number of carboxylic acids is 2. The van der Waals surface area contributed by atoms with E-state index >= 15 is 0 Å². The molecule has 0 aromatic heterocycles. The molecule has 4 unspecified atom stereocenters. The summed E-state index contributed by atoms with van der Waals surface area (Å²) in [6, 6.07) is 7.21. The van der Waals surface area contributed by atoms with Gasteiger partial charge in [-0.05, 0) is 31.2 Å². The Balaban J connectivity index is 2.06. The predicted octanol–water partition coefficient (Wildman–Crippen LogP) is 2.07. The van der Waals surface area contributed by atoms with E-state index in [2.05, 4.69) is 4.90 Å². The molecule has 2 aliphatic rings. The van der Waals surface area contributed by atoms with Crippen LogP contribution in [0.5, 0.6) is 5.75 Å². The Kier molecular flexibility index (Phi) is 4.81. The molecule has 0 amide bonds. The molecule has 1 fully saturated rings. The number of piperidine rings is 1. The molecule has 6 heteroatoms. The Morgan fingerprint density at radius 2 is 1.76 bits per heavy atom. The first-order valence-electron chi connectivity index (χ1n) is 8.41. The standard InChI is InChI=1S/C19H23NO5/c1-20-8-7-12-9-14(11-3-5-13(25-2)6-4-11)16(18(21)22)17(19(23)24)15(12)10-20/h3-6,9,14-17H,7-8,10H2,1-2H3,(H,21,22)(H,23,24). The zero-order valence-electron chi connectivity index (χ0n) is 14.4. The first-order chi connectivity index (χ1) is 11.9. The van der Waals surface area contributed by atoms with Gasteiger partial charge in [0.15, 0.2) is 0 Å². The molecular weight excluding hydrogens is 322 g/mol. The van der Waals surface area contributed by atoms with Gasteiger partial charge in [0.1, 0.15) is 5.75 Å². The largest absolute Gasteiger partial charge is 0.497 e. The van der Waals surface area contributed by atoms with Crippen molar-refractivity contribution in [1.82, 2.24) is 4.90 Å². The van der Waals surface area contributed by atoms with E-state index in [0.717, 1.165) is 24.1 Å². The van der Waals surface area contributed by atoms with Crippen LogP contribution < -0.4 is 4.74 Å². The number of carbonyl (C=O) groups is 2. The van der Waals surface area contributed by atoms with Crippen LogP contribution in [0.2, 0.25) is 0 Å². The van der Waals surface area contributed by atoms with Gasteiger partial charge >= 0.3 is 11.9 Å². The number of ether oxygens (including phenoxy) is 1. The summed E-state index contributed by atoms with van der Waals surface area (Å²) in [4.78, 5) is 26.1. The first-order valence-corrected chi connectivity index (χ1v) is 8.41.